The Kier molecular flexibility index (Phi) is 5.13. The van der Waals surface area contributed by atoms with Gasteiger partial charge >= 0.3 is 0 Å². The van der Waals surface area contributed by atoms with Gasteiger partial charge in [0.05, 0.1) is 6.61 Å². The summed E-state index contributed by atoms with van der Waals surface area (Å²) in [5.74, 6) is 1.28. The van der Waals surface area contributed by atoms with Crippen molar-refractivity contribution in [1.29, 1.82) is 0 Å². The number of hydrogen-bond donors (Lipinski definition) is 0. The molecule has 0 aliphatic heterocycles. The lowest BCUT2D eigenvalue weighted by Crippen LogP contribution is -2.22. The Labute approximate surface area is 121 Å². The van der Waals surface area contributed by atoms with E-state index in [1.165, 1.54) is 0 Å². The maximum atomic E-state index is 12.2. The first kappa shape index (κ1) is 15.0. The molecule has 1 aliphatic rings. The first-order valence-corrected chi connectivity index (χ1v) is 7.41. The molecule has 0 saturated carbocycles. The second-order valence-corrected chi connectivity index (χ2v) is 5.94. The van der Waals surface area contributed by atoms with Gasteiger partial charge in [-0.15, -0.1) is 0 Å². The quantitative estimate of drug-likeness (QED) is 0.595. The van der Waals surface area contributed by atoms with Crippen molar-refractivity contribution in [2.75, 3.05) is 13.2 Å². The van der Waals surface area contributed by atoms with Gasteiger partial charge in [-0.3, -0.25) is 4.79 Å². The van der Waals surface area contributed by atoms with Crippen LogP contribution in [-0.4, -0.2) is 19.0 Å². The first-order chi connectivity index (χ1) is 9.58. The fourth-order valence-electron chi connectivity index (χ4n) is 2.66. The number of aryl methyl sites for hydroxylation is 2. The van der Waals surface area contributed by atoms with E-state index in [1.54, 1.807) is 0 Å². The lowest BCUT2D eigenvalue weighted by atomic mass is 9.85. The normalized spacial score (nSPS) is 21.9. The molecule has 2 rings (SSSR count). The van der Waals surface area contributed by atoms with Gasteiger partial charge in [0.25, 0.3) is 0 Å². The molecule has 0 N–H and O–H groups in total. The summed E-state index contributed by atoms with van der Waals surface area (Å²) in [5, 5.41) is 0. The van der Waals surface area contributed by atoms with Crippen LogP contribution in [0.1, 0.15) is 41.3 Å². The van der Waals surface area contributed by atoms with E-state index in [0.29, 0.717) is 18.4 Å². The second-order valence-electron chi connectivity index (χ2n) is 5.94. The molecular weight excluding hydrogens is 248 g/mol. The molecular formula is C18H24O2. The molecule has 108 valence electrons. The van der Waals surface area contributed by atoms with Crippen LogP contribution in [0.5, 0.6) is 0 Å². The van der Waals surface area contributed by atoms with Crippen LogP contribution in [0.3, 0.4) is 0 Å². The molecule has 0 bridgehead atoms. The molecule has 2 nitrogen and oxygen atoms in total. The van der Waals surface area contributed by atoms with Crippen molar-refractivity contribution in [3.05, 3.63) is 47.0 Å². The molecule has 0 fully saturated rings. The van der Waals surface area contributed by atoms with Crippen molar-refractivity contribution >= 4 is 5.78 Å². The van der Waals surface area contributed by atoms with E-state index < -0.39 is 0 Å². The van der Waals surface area contributed by atoms with Crippen molar-refractivity contribution in [3.8, 4) is 0 Å². The van der Waals surface area contributed by atoms with Gasteiger partial charge in [-0.1, -0.05) is 36.8 Å². The molecule has 0 saturated heterocycles. The van der Waals surface area contributed by atoms with Gasteiger partial charge < -0.3 is 4.74 Å². The SMILES string of the molecule is Cc1ccc(C)c(C(=O)COCC2CC=CCC2C)c1. The van der Waals surface area contributed by atoms with Crippen molar-refractivity contribution in [2.24, 2.45) is 11.8 Å². The van der Waals surface area contributed by atoms with Crippen LogP contribution in [0.25, 0.3) is 0 Å². The Bertz CT molecular complexity index is 502. The third-order valence-electron chi connectivity index (χ3n) is 4.18. The molecule has 2 unspecified atom stereocenters. The van der Waals surface area contributed by atoms with Crippen LogP contribution in [0, 0.1) is 25.7 Å². The first-order valence-electron chi connectivity index (χ1n) is 7.41. The minimum absolute atomic E-state index is 0.0882. The molecule has 20 heavy (non-hydrogen) atoms. The van der Waals surface area contributed by atoms with Gasteiger partial charge in [-0.05, 0) is 50.2 Å². The van der Waals surface area contributed by atoms with Gasteiger partial charge in [0.15, 0.2) is 5.78 Å². The summed E-state index contributed by atoms with van der Waals surface area (Å²) in [4.78, 5) is 12.2. The summed E-state index contributed by atoms with van der Waals surface area (Å²) in [7, 11) is 0. The molecule has 0 heterocycles. The van der Waals surface area contributed by atoms with Crippen LogP contribution in [0.2, 0.25) is 0 Å². The van der Waals surface area contributed by atoms with E-state index in [9.17, 15) is 4.79 Å². The third-order valence-corrected chi connectivity index (χ3v) is 4.18. The Balaban J connectivity index is 1.86. The predicted octanol–water partition coefficient (Wildman–Crippen LogP) is 4.11. The third kappa shape index (κ3) is 3.80. The summed E-state index contributed by atoms with van der Waals surface area (Å²) in [6.45, 7) is 7.11. The predicted molar refractivity (Wildman–Crippen MR) is 82.1 cm³/mol. The number of benzene rings is 1. The Hall–Kier alpha value is -1.41. The van der Waals surface area contributed by atoms with Crippen LogP contribution in [-0.2, 0) is 4.74 Å². The molecule has 0 spiro atoms. The minimum Gasteiger partial charge on any atom is -0.373 e. The van der Waals surface area contributed by atoms with Crippen molar-refractivity contribution in [1.82, 2.24) is 0 Å². The fraction of sp³-hybridized carbons (Fsp3) is 0.500. The summed E-state index contributed by atoms with van der Waals surface area (Å²) in [5.41, 5.74) is 2.93. The Morgan fingerprint density at radius 1 is 1.25 bits per heavy atom. The van der Waals surface area contributed by atoms with E-state index in [1.807, 2.05) is 32.0 Å². The highest BCUT2D eigenvalue weighted by atomic mass is 16.5. The van der Waals surface area contributed by atoms with E-state index >= 15 is 0 Å². The minimum atomic E-state index is 0.0882. The van der Waals surface area contributed by atoms with Gasteiger partial charge in [0.1, 0.15) is 6.61 Å². The van der Waals surface area contributed by atoms with Gasteiger partial charge in [0.2, 0.25) is 0 Å². The van der Waals surface area contributed by atoms with Crippen molar-refractivity contribution in [2.45, 2.75) is 33.6 Å². The number of allylic oxidation sites excluding steroid dienone is 2. The Morgan fingerprint density at radius 3 is 2.75 bits per heavy atom. The zero-order chi connectivity index (χ0) is 14.5. The molecule has 0 radical (unpaired) electrons. The standard InChI is InChI=1S/C18H24O2/c1-13-8-9-15(3)17(10-13)18(19)12-20-11-16-7-5-4-6-14(16)2/h4-5,8-10,14,16H,6-7,11-12H2,1-3H3. The van der Waals surface area contributed by atoms with Crippen LogP contribution >= 0.6 is 0 Å². The number of rotatable bonds is 5. The second kappa shape index (κ2) is 6.85. The van der Waals surface area contributed by atoms with Gasteiger partial charge in [0, 0.05) is 5.56 Å². The highest BCUT2D eigenvalue weighted by Crippen LogP contribution is 2.25. The highest BCUT2D eigenvalue weighted by Gasteiger charge is 2.19. The smallest absolute Gasteiger partial charge is 0.188 e. The number of Topliss-reactive ketones (excluding diaryl/α,β-unsaturated/α-hetero) is 1. The summed E-state index contributed by atoms with van der Waals surface area (Å²) in [6, 6.07) is 5.98. The van der Waals surface area contributed by atoms with Gasteiger partial charge in [-0.25, -0.2) is 0 Å². The average molecular weight is 272 g/mol. The van der Waals surface area contributed by atoms with Crippen LogP contribution in [0.4, 0.5) is 0 Å². The zero-order valence-electron chi connectivity index (χ0n) is 12.7. The van der Waals surface area contributed by atoms with E-state index in [0.717, 1.165) is 29.5 Å². The Morgan fingerprint density at radius 2 is 2.00 bits per heavy atom. The van der Waals surface area contributed by atoms with E-state index in [-0.39, 0.29) is 12.4 Å². The van der Waals surface area contributed by atoms with E-state index in [4.69, 9.17) is 4.74 Å². The molecule has 0 amide bonds. The monoisotopic (exact) mass is 272 g/mol. The number of ether oxygens (including phenoxy) is 1. The topological polar surface area (TPSA) is 26.3 Å². The molecule has 2 atom stereocenters. The highest BCUT2D eigenvalue weighted by molar-refractivity contribution is 5.98. The van der Waals surface area contributed by atoms with Crippen LogP contribution in [0.15, 0.2) is 30.4 Å². The molecule has 1 aliphatic carbocycles. The summed E-state index contributed by atoms with van der Waals surface area (Å²) >= 11 is 0. The average Bonchev–Trinajstić information content (AvgIpc) is 2.43. The number of carbonyl (C=O) groups is 1. The lowest BCUT2D eigenvalue weighted by Gasteiger charge is -2.24. The number of ketones is 1. The largest absolute Gasteiger partial charge is 0.373 e. The van der Waals surface area contributed by atoms with Gasteiger partial charge in [-0.2, -0.15) is 0 Å². The van der Waals surface area contributed by atoms with Crippen molar-refractivity contribution < 1.29 is 9.53 Å². The molecule has 1 aromatic carbocycles. The lowest BCUT2D eigenvalue weighted by molar-refractivity contribution is 0.0602. The maximum absolute atomic E-state index is 12.2. The number of carbonyl (C=O) groups excluding carboxylic acids is 1. The van der Waals surface area contributed by atoms with Crippen molar-refractivity contribution in [3.63, 3.8) is 0 Å². The molecule has 2 heteroatoms. The van der Waals surface area contributed by atoms with E-state index in [2.05, 4.69) is 19.1 Å². The molecule has 1 aromatic rings. The maximum Gasteiger partial charge on any atom is 0.188 e. The number of hydrogen-bond acceptors (Lipinski definition) is 2. The fourth-order valence-corrected chi connectivity index (χ4v) is 2.66. The summed E-state index contributed by atoms with van der Waals surface area (Å²) < 4.78 is 5.67. The molecule has 0 aromatic heterocycles. The summed E-state index contributed by atoms with van der Waals surface area (Å²) in [6.07, 6.45) is 6.65. The van der Waals surface area contributed by atoms with Crippen LogP contribution < -0.4 is 0 Å². The zero-order valence-corrected chi connectivity index (χ0v) is 12.7.